The van der Waals surface area contributed by atoms with Gasteiger partial charge >= 0.3 is 0 Å². The SMILES string of the molecule is Cc1nc(N2CCOCC2)c2oc3ccc(Cl)cc3c2n1. The third-order valence-corrected chi connectivity index (χ3v) is 3.91. The van der Waals surface area contributed by atoms with Crippen molar-refractivity contribution < 1.29 is 9.15 Å². The van der Waals surface area contributed by atoms with Crippen LogP contribution in [0.2, 0.25) is 5.02 Å². The highest BCUT2D eigenvalue weighted by Crippen LogP contribution is 2.34. The van der Waals surface area contributed by atoms with Gasteiger partial charge in [0.05, 0.1) is 13.2 Å². The van der Waals surface area contributed by atoms with Crippen LogP contribution in [-0.4, -0.2) is 36.3 Å². The molecule has 4 rings (SSSR count). The van der Waals surface area contributed by atoms with Crippen LogP contribution in [0.4, 0.5) is 5.82 Å². The summed E-state index contributed by atoms with van der Waals surface area (Å²) < 4.78 is 11.4. The summed E-state index contributed by atoms with van der Waals surface area (Å²) in [4.78, 5) is 11.3. The standard InChI is InChI=1S/C15H14ClN3O2/c1-9-17-13-11-8-10(16)2-3-12(11)21-14(13)15(18-9)19-4-6-20-7-5-19/h2-3,8H,4-7H2,1H3. The lowest BCUT2D eigenvalue weighted by Crippen LogP contribution is -2.37. The van der Waals surface area contributed by atoms with E-state index >= 15 is 0 Å². The number of halogens is 1. The maximum absolute atomic E-state index is 6.09. The number of furan rings is 1. The highest BCUT2D eigenvalue weighted by atomic mass is 35.5. The lowest BCUT2D eigenvalue weighted by atomic mass is 10.2. The van der Waals surface area contributed by atoms with E-state index in [1.807, 2.05) is 25.1 Å². The number of aromatic nitrogens is 2. The highest BCUT2D eigenvalue weighted by Gasteiger charge is 2.21. The average molecular weight is 304 g/mol. The molecule has 0 radical (unpaired) electrons. The lowest BCUT2D eigenvalue weighted by molar-refractivity contribution is 0.122. The number of ether oxygens (including phenoxy) is 1. The first-order valence-corrected chi connectivity index (χ1v) is 7.29. The fourth-order valence-corrected chi connectivity index (χ4v) is 2.87. The van der Waals surface area contributed by atoms with Gasteiger partial charge in [-0.2, -0.15) is 0 Å². The summed E-state index contributed by atoms with van der Waals surface area (Å²) in [5, 5.41) is 1.60. The number of anilines is 1. The van der Waals surface area contributed by atoms with Gasteiger partial charge in [0.2, 0.25) is 0 Å². The molecule has 2 aromatic heterocycles. The summed E-state index contributed by atoms with van der Waals surface area (Å²) in [7, 11) is 0. The van der Waals surface area contributed by atoms with Gasteiger partial charge in [0.1, 0.15) is 16.9 Å². The molecule has 3 heterocycles. The molecule has 21 heavy (non-hydrogen) atoms. The number of rotatable bonds is 1. The Morgan fingerprint density at radius 3 is 2.81 bits per heavy atom. The summed E-state index contributed by atoms with van der Waals surface area (Å²) in [6, 6.07) is 5.58. The first kappa shape index (κ1) is 12.9. The Bertz CT molecular complexity index is 825. The number of benzene rings is 1. The quantitative estimate of drug-likeness (QED) is 0.691. The first-order valence-electron chi connectivity index (χ1n) is 6.91. The molecule has 0 aliphatic carbocycles. The van der Waals surface area contributed by atoms with Crippen molar-refractivity contribution in [3.05, 3.63) is 29.0 Å². The molecule has 0 saturated carbocycles. The number of aryl methyl sites for hydroxylation is 1. The molecule has 1 aliphatic rings. The lowest BCUT2D eigenvalue weighted by Gasteiger charge is -2.27. The number of fused-ring (bicyclic) bond motifs is 3. The maximum atomic E-state index is 6.09. The molecule has 6 heteroatoms. The Morgan fingerprint density at radius 1 is 1.19 bits per heavy atom. The summed E-state index contributed by atoms with van der Waals surface area (Å²) in [6.45, 7) is 4.92. The molecule has 1 aliphatic heterocycles. The van der Waals surface area contributed by atoms with Crippen LogP contribution in [-0.2, 0) is 4.74 Å². The molecule has 108 valence electrons. The normalized spacial score (nSPS) is 16.0. The van der Waals surface area contributed by atoms with Crippen molar-refractivity contribution in [3.8, 4) is 0 Å². The Labute approximate surface area is 126 Å². The predicted octanol–water partition coefficient (Wildman–Crippen LogP) is 3.17. The van der Waals surface area contributed by atoms with Crippen molar-refractivity contribution >= 4 is 39.5 Å². The summed E-state index contributed by atoms with van der Waals surface area (Å²) >= 11 is 6.09. The molecule has 0 N–H and O–H groups in total. The van der Waals surface area contributed by atoms with E-state index in [0.717, 1.165) is 46.8 Å². The number of nitrogens with zero attached hydrogens (tertiary/aromatic N) is 3. The van der Waals surface area contributed by atoms with E-state index < -0.39 is 0 Å². The van der Waals surface area contributed by atoms with Crippen LogP contribution in [0.3, 0.4) is 0 Å². The largest absolute Gasteiger partial charge is 0.450 e. The van der Waals surface area contributed by atoms with E-state index in [9.17, 15) is 0 Å². The zero-order valence-corrected chi connectivity index (χ0v) is 12.4. The zero-order valence-electron chi connectivity index (χ0n) is 11.6. The second-order valence-electron chi connectivity index (χ2n) is 5.11. The van der Waals surface area contributed by atoms with Gasteiger partial charge in [0.25, 0.3) is 0 Å². The monoisotopic (exact) mass is 303 g/mol. The number of morpholine rings is 1. The van der Waals surface area contributed by atoms with Gasteiger partial charge in [0, 0.05) is 23.5 Å². The maximum Gasteiger partial charge on any atom is 0.196 e. The van der Waals surface area contributed by atoms with E-state index in [1.165, 1.54) is 0 Å². The van der Waals surface area contributed by atoms with Gasteiger partial charge in [-0.25, -0.2) is 9.97 Å². The van der Waals surface area contributed by atoms with Crippen LogP contribution in [0.1, 0.15) is 5.82 Å². The van der Waals surface area contributed by atoms with E-state index in [2.05, 4.69) is 14.9 Å². The second-order valence-corrected chi connectivity index (χ2v) is 5.55. The van der Waals surface area contributed by atoms with Crippen molar-refractivity contribution in [2.24, 2.45) is 0 Å². The smallest absolute Gasteiger partial charge is 0.196 e. The van der Waals surface area contributed by atoms with Gasteiger partial charge < -0.3 is 14.1 Å². The van der Waals surface area contributed by atoms with Crippen LogP contribution in [0.25, 0.3) is 22.1 Å². The summed E-state index contributed by atoms with van der Waals surface area (Å²) in [5.41, 5.74) is 2.32. The number of hydrogen-bond donors (Lipinski definition) is 0. The predicted molar refractivity (Wildman–Crippen MR) is 82.1 cm³/mol. The minimum absolute atomic E-state index is 0.675. The molecule has 1 saturated heterocycles. The molecule has 0 amide bonds. The Hall–Kier alpha value is -1.85. The van der Waals surface area contributed by atoms with Crippen LogP contribution >= 0.6 is 11.6 Å². The molecule has 0 atom stereocenters. The number of hydrogen-bond acceptors (Lipinski definition) is 5. The van der Waals surface area contributed by atoms with Crippen molar-refractivity contribution in [3.63, 3.8) is 0 Å². The van der Waals surface area contributed by atoms with Gasteiger partial charge in [0.15, 0.2) is 11.4 Å². The summed E-state index contributed by atoms with van der Waals surface area (Å²) in [5.74, 6) is 1.57. The third kappa shape index (κ3) is 2.13. The van der Waals surface area contributed by atoms with Gasteiger partial charge in [-0.1, -0.05) is 11.6 Å². The average Bonchev–Trinajstić information content (AvgIpc) is 2.85. The molecule has 0 unspecified atom stereocenters. The second kappa shape index (κ2) is 4.86. The fourth-order valence-electron chi connectivity index (χ4n) is 2.70. The fraction of sp³-hybridized carbons (Fsp3) is 0.333. The van der Waals surface area contributed by atoms with Crippen LogP contribution in [0.5, 0.6) is 0 Å². The van der Waals surface area contributed by atoms with Gasteiger partial charge in [-0.3, -0.25) is 0 Å². The van der Waals surface area contributed by atoms with Gasteiger partial charge in [-0.05, 0) is 25.1 Å². The molecular formula is C15H14ClN3O2. The van der Waals surface area contributed by atoms with E-state index in [4.69, 9.17) is 20.8 Å². The Balaban J connectivity index is 1.99. The molecule has 0 bridgehead atoms. The summed E-state index contributed by atoms with van der Waals surface area (Å²) in [6.07, 6.45) is 0. The first-order chi connectivity index (χ1) is 10.2. The topological polar surface area (TPSA) is 51.4 Å². The van der Waals surface area contributed by atoms with Crippen LogP contribution < -0.4 is 4.90 Å². The molecule has 3 aromatic rings. The van der Waals surface area contributed by atoms with E-state index in [1.54, 1.807) is 0 Å². The van der Waals surface area contributed by atoms with Crippen molar-refractivity contribution in [2.45, 2.75) is 6.92 Å². The van der Waals surface area contributed by atoms with Crippen LogP contribution in [0.15, 0.2) is 22.6 Å². The minimum Gasteiger partial charge on any atom is -0.450 e. The van der Waals surface area contributed by atoms with E-state index in [0.29, 0.717) is 18.2 Å². The zero-order chi connectivity index (χ0) is 14.4. The van der Waals surface area contributed by atoms with Crippen molar-refractivity contribution in [1.82, 2.24) is 9.97 Å². The van der Waals surface area contributed by atoms with Gasteiger partial charge in [-0.15, -0.1) is 0 Å². The Kier molecular flexibility index (Phi) is 2.97. The highest BCUT2D eigenvalue weighted by molar-refractivity contribution is 6.31. The minimum atomic E-state index is 0.675. The van der Waals surface area contributed by atoms with Crippen molar-refractivity contribution in [1.29, 1.82) is 0 Å². The van der Waals surface area contributed by atoms with Crippen molar-refractivity contribution in [2.75, 3.05) is 31.2 Å². The third-order valence-electron chi connectivity index (χ3n) is 3.68. The molecular weight excluding hydrogens is 290 g/mol. The molecule has 0 spiro atoms. The van der Waals surface area contributed by atoms with E-state index in [-0.39, 0.29) is 0 Å². The molecule has 1 fully saturated rings. The molecule has 5 nitrogen and oxygen atoms in total. The van der Waals surface area contributed by atoms with Crippen LogP contribution in [0, 0.1) is 6.92 Å². The molecule has 1 aromatic carbocycles. The Morgan fingerprint density at radius 2 is 2.00 bits per heavy atom.